The number of hydrogen-bond acceptors (Lipinski definition) is 8. The van der Waals surface area contributed by atoms with Crippen LogP contribution in [0.25, 0.3) is 0 Å². The van der Waals surface area contributed by atoms with Gasteiger partial charge >= 0.3 is 10.2 Å². The summed E-state index contributed by atoms with van der Waals surface area (Å²) in [6, 6.07) is -3.08. The van der Waals surface area contributed by atoms with Crippen molar-refractivity contribution in [2.45, 2.75) is 169 Å². The van der Waals surface area contributed by atoms with Crippen molar-refractivity contribution in [2.75, 3.05) is 32.7 Å². The third kappa shape index (κ3) is 7.87. The number of nitrogens with zero attached hydrogens (tertiary/aromatic N) is 3. The maximum Gasteiger partial charge on any atom is 0.303 e. The Morgan fingerprint density at radius 3 is 2.08 bits per heavy atom. The molecule has 4 saturated carbocycles. The molecule has 59 heavy (non-hydrogen) atoms. The third-order valence-corrected chi connectivity index (χ3v) is 17.6. The van der Waals surface area contributed by atoms with Gasteiger partial charge in [-0.05, 0) is 93.0 Å². The van der Waals surface area contributed by atoms with Gasteiger partial charge < -0.3 is 20.9 Å². The lowest BCUT2D eigenvalue weighted by molar-refractivity contribution is -0.145. The third-order valence-electron chi connectivity index (χ3n) is 16.0. The van der Waals surface area contributed by atoms with E-state index in [1.807, 2.05) is 34.6 Å². The van der Waals surface area contributed by atoms with Crippen molar-refractivity contribution in [3.8, 4) is 0 Å². The van der Waals surface area contributed by atoms with Crippen LogP contribution < -0.4 is 20.7 Å². The number of rotatable bonds is 16. The zero-order chi connectivity index (χ0) is 43.3. The van der Waals surface area contributed by atoms with E-state index in [0.717, 1.165) is 77.3 Å². The fraction of sp³-hybridized carbons (Fsp3) is 0.841. The van der Waals surface area contributed by atoms with Gasteiger partial charge in [-0.1, -0.05) is 87.1 Å². The van der Waals surface area contributed by atoms with Crippen LogP contribution in [0.4, 0.5) is 0 Å². The fourth-order valence-electron chi connectivity index (χ4n) is 12.0. The van der Waals surface area contributed by atoms with Crippen LogP contribution in [0.3, 0.4) is 0 Å². The van der Waals surface area contributed by atoms with E-state index in [1.54, 1.807) is 17.9 Å². The quantitative estimate of drug-likeness (QED) is 0.169. The van der Waals surface area contributed by atoms with E-state index in [0.29, 0.717) is 19.4 Å². The average molecular weight is 844 g/mol. The Morgan fingerprint density at radius 1 is 0.881 bits per heavy atom. The van der Waals surface area contributed by atoms with Crippen molar-refractivity contribution in [3.05, 3.63) is 12.7 Å². The summed E-state index contributed by atoms with van der Waals surface area (Å²) >= 11 is 0. The zero-order valence-corrected chi connectivity index (χ0v) is 37.9. The largest absolute Gasteiger partial charge is 0.343 e. The predicted molar refractivity (Wildman–Crippen MR) is 227 cm³/mol. The van der Waals surface area contributed by atoms with Crippen LogP contribution in [0.1, 0.15) is 139 Å². The maximum atomic E-state index is 15.2. The van der Waals surface area contributed by atoms with Gasteiger partial charge in [0.1, 0.15) is 23.7 Å². The summed E-state index contributed by atoms with van der Waals surface area (Å²) in [6.07, 6.45) is 12.1. The van der Waals surface area contributed by atoms with Gasteiger partial charge in [0, 0.05) is 31.0 Å². The van der Waals surface area contributed by atoms with Crippen LogP contribution in [-0.2, 0) is 34.2 Å². The highest BCUT2D eigenvalue weighted by atomic mass is 32.2. The molecule has 6 rings (SSSR count). The molecular formula is C44H73N7O7S. The Bertz CT molecular complexity index is 1770. The number of fused-ring (bicyclic) bond motifs is 1. The number of likely N-dealkylation sites (N-methyl/N-ethyl adjacent to an activating group) is 1. The average Bonchev–Trinajstić information content (AvgIpc) is 3.68. The first-order chi connectivity index (χ1) is 27.7. The van der Waals surface area contributed by atoms with Gasteiger partial charge in [0.25, 0.3) is 5.91 Å². The summed E-state index contributed by atoms with van der Waals surface area (Å²) < 4.78 is 30.0. The lowest BCUT2D eigenvalue weighted by Crippen LogP contribution is -2.63. The van der Waals surface area contributed by atoms with Crippen molar-refractivity contribution in [2.24, 2.45) is 33.5 Å². The van der Waals surface area contributed by atoms with E-state index in [9.17, 15) is 27.6 Å². The second-order valence-electron chi connectivity index (χ2n) is 20.2. The molecule has 0 aromatic carbocycles. The minimum atomic E-state index is -4.18. The highest BCUT2D eigenvalue weighted by Gasteiger charge is 2.85. The second-order valence-corrected chi connectivity index (χ2v) is 21.9. The molecular weight excluding hydrogens is 771 g/mol. The Kier molecular flexibility index (Phi) is 12.9. The van der Waals surface area contributed by atoms with E-state index in [2.05, 4.69) is 46.0 Å². The SMILES string of the molecule is C=C[C@@H]1C[C@]1(NC(=O)[C@@H]1C[C@@]2(CN1C(=O)[C@@H](NC(=O)[C@@H](NC(=O)[C@@H]1CCCN1CC)C1CCCCC1)C(C)(C)C)C(C)(C)C21CCC1)C(=O)NS(=O)(=O)N(CC)CCC. The highest BCUT2D eigenvalue weighted by molar-refractivity contribution is 7.87. The normalized spacial score (nSPS) is 31.0. The Hall–Kier alpha value is -3.04. The molecule has 14 nitrogen and oxygen atoms in total. The monoisotopic (exact) mass is 844 g/mol. The molecule has 0 radical (unpaired) electrons. The Balaban J connectivity index is 1.28. The number of hydrogen-bond donors (Lipinski definition) is 4. The van der Waals surface area contributed by atoms with Crippen LogP contribution in [0.2, 0.25) is 0 Å². The molecule has 5 amide bonds. The first-order valence-corrected chi connectivity index (χ1v) is 24.1. The van der Waals surface area contributed by atoms with Gasteiger partial charge in [0.15, 0.2) is 0 Å². The van der Waals surface area contributed by atoms with Gasteiger partial charge in [-0.2, -0.15) is 12.7 Å². The van der Waals surface area contributed by atoms with Crippen LogP contribution in [0, 0.1) is 33.5 Å². The molecule has 2 heterocycles. The van der Waals surface area contributed by atoms with Crippen LogP contribution in [0.15, 0.2) is 12.7 Å². The van der Waals surface area contributed by atoms with Gasteiger partial charge in [-0.25, -0.2) is 4.72 Å². The Morgan fingerprint density at radius 2 is 1.56 bits per heavy atom. The number of amides is 5. The zero-order valence-electron chi connectivity index (χ0n) is 37.1. The minimum absolute atomic E-state index is 0.0216. The number of carbonyl (C=O) groups is 5. The highest BCUT2D eigenvalue weighted by Crippen LogP contribution is 2.88. The summed E-state index contributed by atoms with van der Waals surface area (Å²) in [7, 11) is -4.18. The van der Waals surface area contributed by atoms with Crippen LogP contribution in [0.5, 0.6) is 0 Å². The topological polar surface area (TPSA) is 177 Å². The molecule has 15 heteroatoms. The van der Waals surface area contributed by atoms with Gasteiger partial charge in [0.05, 0.1) is 6.04 Å². The Labute approximate surface area is 353 Å². The fourth-order valence-corrected chi connectivity index (χ4v) is 13.3. The molecule has 2 aliphatic heterocycles. The molecule has 6 fully saturated rings. The summed E-state index contributed by atoms with van der Waals surface area (Å²) in [5.74, 6) is -2.82. The van der Waals surface area contributed by atoms with Gasteiger partial charge in [-0.3, -0.25) is 28.9 Å². The molecule has 332 valence electrons. The van der Waals surface area contributed by atoms with Crippen LogP contribution >= 0.6 is 0 Å². The number of carbonyl (C=O) groups excluding carboxylic acids is 5. The van der Waals surface area contributed by atoms with Crippen molar-refractivity contribution in [1.82, 2.24) is 34.8 Å². The first kappa shape index (κ1) is 45.5. The molecule has 4 aliphatic carbocycles. The second kappa shape index (κ2) is 16.7. The summed E-state index contributed by atoms with van der Waals surface area (Å²) in [6.45, 7) is 21.9. The number of likely N-dealkylation sites (tertiary alicyclic amines) is 2. The van der Waals surface area contributed by atoms with E-state index < -0.39 is 57.0 Å². The van der Waals surface area contributed by atoms with Gasteiger partial charge in [0.2, 0.25) is 23.6 Å². The van der Waals surface area contributed by atoms with E-state index in [-0.39, 0.29) is 65.4 Å². The van der Waals surface area contributed by atoms with E-state index >= 15 is 4.79 Å². The summed E-state index contributed by atoms with van der Waals surface area (Å²) in [4.78, 5) is 76.1. The predicted octanol–water partition coefficient (Wildman–Crippen LogP) is 4.02. The number of nitrogens with one attached hydrogen (secondary N) is 4. The molecule has 2 saturated heterocycles. The standard InChI is InChI=1S/C44H73N7O7S/c1-10-24-50(13-4)59(57,58)48-39(56)44(26-30(44)11-2)47-36(53)32-27-43(41(8,9)42(43)22-18-23-42)28-51(32)38(55)34(40(5,6)7)46-37(54)33(29-19-15-14-16-20-29)45-35(52)31-21-17-25-49(31)12-3/h11,29-34H,2,10,12-28H2,1,3-9H3,(H,45,52)(H,46,54)(H,47,53)(H,48,56)/t30-,31+,32+,33+,34-,43-,44-/m1/s1. The smallest absolute Gasteiger partial charge is 0.303 e. The van der Waals surface area contributed by atoms with E-state index in [1.165, 1.54) is 4.31 Å². The van der Waals surface area contributed by atoms with Gasteiger partial charge in [-0.15, -0.1) is 6.58 Å². The molecule has 4 N–H and O–H groups in total. The van der Waals surface area contributed by atoms with Crippen molar-refractivity contribution < 1.29 is 32.4 Å². The van der Waals surface area contributed by atoms with E-state index in [4.69, 9.17) is 0 Å². The maximum absolute atomic E-state index is 15.2. The molecule has 0 aromatic rings. The molecule has 7 atom stereocenters. The summed E-state index contributed by atoms with van der Waals surface area (Å²) in [5, 5.41) is 9.26. The first-order valence-electron chi connectivity index (χ1n) is 22.6. The molecule has 0 bridgehead atoms. The minimum Gasteiger partial charge on any atom is -0.343 e. The van der Waals surface area contributed by atoms with Crippen LogP contribution in [-0.4, -0.2) is 114 Å². The van der Waals surface area contributed by atoms with Crippen molar-refractivity contribution >= 4 is 39.7 Å². The summed E-state index contributed by atoms with van der Waals surface area (Å²) in [5.41, 5.74) is -2.82. The lowest BCUT2D eigenvalue weighted by Gasteiger charge is -2.38. The molecule has 6 aliphatic rings. The molecule has 0 unspecified atom stereocenters. The van der Waals surface area contributed by atoms with Crippen molar-refractivity contribution in [3.63, 3.8) is 0 Å². The molecule has 2 spiro atoms. The molecule has 0 aromatic heterocycles. The van der Waals surface area contributed by atoms with Crippen molar-refractivity contribution in [1.29, 1.82) is 0 Å². The lowest BCUT2D eigenvalue weighted by atomic mass is 9.73.